The van der Waals surface area contributed by atoms with Crippen molar-refractivity contribution in [2.75, 3.05) is 26.3 Å². The number of halogens is 1. The smallest absolute Gasteiger partial charge is 0.264 e. The lowest BCUT2D eigenvalue weighted by atomic mass is 10.0. The molecule has 1 aromatic heterocycles. The highest BCUT2D eigenvalue weighted by atomic mass is 79.9. The molecular weight excluding hydrogens is 318 g/mol. The fraction of sp³-hybridized carbons (Fsp3) is 0.583. The molecule has 3 heterocycles. The Balaban J connectivity index is 1.74. The third kappa shape index (κ3) is 2.34. The van der Waals surface area contributed by atoms with Crippen molar-refractivity contribution in [1.29, 1.82) is 0 Å². The summed E-state index contributed by atoms with van der Waals surface area (Å²) < 4.78 is 12.3. The predicted octanol–water partition coefficient (Wildman–Crippen LogP) is 2.49. The zero-order valence-corrected chi connectivity index (χ0v) is 12.3. The minimum Gasteiger partial charge on any atom is -0.346 e. The van der Waals surface area contributed by atoms with E-state index in [2.05, 4.69) is 15.9 Å². The molecule has 2 aliphatic heterocycles. The molecule has 2 aliphatic rings. The number of nitrogens with zero attached hydrogens (tertiary/aromatic N) is 1. The van der Waals surface area contributed by atoms with Crippen molar-refractivity contribution in [3.63, 3.8) is 0 Å². The third-order valence-corrected chi connectivity index (χ3v) is 4.91. The number of hydrogen-bond donors (Lipinski definition) is 0. The van der Waals surface area contributed by atoms with Gasteiger partial charge in [0.2, 0.25) is 0 Å². The van der Waals surface area contributed by atoms with Crippen LogP contribution in [0, 0.1) is 0 Å². The molecule has 0 N–H and O–H groups in total. The van der Waals surface area contributed by atoms with Gasteiger partial charge >= 0.3 is 0 Å². The first-order chi connectivity index (χ1) is 8.69. The van der Waals surface area contributed by atoms with E-state index in [0.29, 0.717) is 19.8 Å². The number of rotatable bonds is 1. The van der Waals surface area contributed by atoms with Crippen LogP contribution >= 0.6 is 27.3 Å². The van der Waals surface area contributed by atoms with Gasteiger partial charge in [0.1, 0.15) is 0 Å². The summed E-state index contributed by atoms with van der Waals surface area (Å²) in [5.41, 5.74) is 0. The maximum absolute atomic E-state index is 12.4. The van der Waals surface area contributed by atoms with E-state index in [1.807, 2.05) is 17.0 Å². The molecule has 2 fully saturated rings. The van der Waals surface area contributed by atoms with Gasteiger partial charge in [0.15, 0.2) is 5.79 Å². The summed E-state index contributed by atoms with van der Waals surface area (Å²) in [6.45, 7) is 2.59. The molecule has 18 heavy (non-hydrogen) atoms. The average Bonchev–Trinajstić information content (AvgIpc) is 2.98. The molecule has 0 aliphatic carbocycles. The lowest BCUT2D eigenvalue weighted by Gasteiger charge is -2.38. The van der Waals surface area contributed by atoms with Crippen LogP contribution in [0.1, 0.15) is 22.5 Å². The maximum atomic E-state index is 12.4. The molecule has 3 rings (SSSR count). The van der Waals surface area contributed by atoms with Gasteiger partial charge in [0.05, 0.1) is 28.4 Å². The van der Waals surface area contributed by atoms with Crippen LogP contribution in [-0.4, -0.2) is 42.9 Å². The number of carbonyl (C=O) groups is 1. The van der Waals surface area contributed by atoms with Crippen LogP contribution in [0.3, 0.4) is 0 Å². The largest absolute Gasteiger partial charge is 0.346 e. The summed E-state index contributed by atoms with van der Waals surface area (Å²) in [5, 5.41) is 0. The molecule has 2 saturated heterocycles. The molecule has 0 bridgehead atoms. The Kier molecular flexibility index (Phi) is 3.44. The van der Waals surface area contributed by atoms with Gasteiger partial charge < -0.3 is 14.4 Å². The van der Waals surface area contributed by atoms with Gasteiger partial charge in [0, 0.05) is 13.0 Å². The highest BCUT2D eigenvalue weighted by Crippen LogP contribution is 2.32. The summed E-state index contributed by atoms with van der Waals surface area (Å²) >= 11 is 4.85. The fourth-order valence-corrected chi connectivity index (χ4v) is 3.83. The van der Waals surface area contributed by atoms with Crippen LogP contribution in [0.4, 0.5) is 0 Å². The van der Waals surface area contributed by atoms with Crippen LogP contribution < -0.4 is 0 Å². The Hall–Kier alpha value is -0.430. The molecule has 0 aromatic carbocycles. The minimum atomic E-state index is -0.539. The van der Waals surface area contributed by atoms with Crippen molar-refractivity contribution in [3.8, 4) is 0 Å². The zero-order valence-electron chi connectivity index (χ0n) is 9.86. The molecule has 1 amide bonds. The number of hydrogen-bond acceptors (Lipinski definition) is 4. The quantitative estimate of drug-likeness (QED) is 0.793. The van der Waals surface area contributed by atoms with Crippen LogP contribution in [0.25, 0.3) is 0 Å². The minimum absolute atomic E-state index is 0.0730. The van der Waals surface area contributed by atoms with Gasteiger partial charge in [0.25, 0.3) is 5.91 Å². The lowest BCUT2D eigenvalue weighted by Crippen LogP contribution is -2.50. The van der Waals surface area contributed by atoms with E-state index in [1.54, 1.807) is 0 Å². The summed E-state index contributed by atoms with van der Waals surface area (Å²) in [6, 6.07) is 3.76. The number of ether oxygens (including phenoxy) is 2. The molecule has 1 aromatic rings. The highest BCUT2D eigenvalue weighted by Gasteiger charge is 2.42. The monoisotopic (exact) mass is 331 g/mol. The topological polar surface area (TPSA) is 38.8 Å². The summed E-state index contributed by atoms with van der Waals surface area (Å²) in [5.74, 6) is -0.466. The first-order valence-electron chi connectivity index (χ1n) is 6.01. The van der Waals surface area contributed by atoms with E-state index >= 15 is 0 Å². The van der Waals surface area contributed by atoms with Gasteiger partial charge in [-0.1, -0.05) is 0 Å². The normalized spacial score (nSPS) is 22.6. The van der Waals surface area contributed by atoms with Gasteiger partial charge in [-0.05, 0) is 34.5 Å². The molecule has 0 radical (unpaired) electrons. The fourth-order valence-electron chi connectivity index (χ4n) is 2.48. The predicted molar refractivity (Wildman–Crippen MR) is 71.8 cm³/mol. The second-order valence-electron chi connectivity index (χ2n) is 4.54. The Morgan fingerprint density at radius 2 is 2.17 bits per heavy atom. The maximum Gasteiger partial charge on any atom is 0.264 e. The number of amides is 1. The van der Waals surface area contributed by atoms with Gasteiger partial charge in [-0.15, -0.1) is 11.3 Å². The lowest BCUT2D eigenvalue weighted by molar-refractivity contribution is -0.183. The van der Waals surface area contributed by atoms with Gasteiger partial charge in [-0.3, -0.25) is 4.79 Å². The SMILES string of the molecule is O=C(c1ccc(Br)s1)N1CCCC2(C1)OCCO2. The van der Waals surface area contributed by atoms with Crippen molar-refractivity contribution in [2.24, 2.45) is 0 Å². The molecule has 0 saturated carbocycles. The van der Waals surface area contributed by atoms with Gasteiger partial charge in [-0.2, -0.15) is 0 Å². The van der Waals surface area contributed by atoms with Crippen LogP contribution in [0.5, 0.6) is 0 Å². The first kappa shape index (κ1) is 12.6. The summed E-state index contributed by atoms with van der Waals surface area (Å²) in [7, 11) is 0. The highest BCUT2D eigenvalue weighted by molar-refractivity contribution is 9.11. The third-order valence-electron chi connectivity index (χ3n) is 3.30. The first-order valence-corrected chi connectivity index (χ1v) is 7.62. The second kappa shape index (κ2) is 4.92. The molecule has 98 valence electrons. The molecular formula is C12H14BrNO3S. The number of carbonyl (C=O) groups excluding carboxylic acids is 1. The molecule has 1 spiro atoms. The molecule has 0 unspecified atom stereocenters. The van der Waals surface area contributed by atoms with Crippen molar-refractivity contribution in [3.05, 3.63) is 20.8 Å². The summed E-state index contributed by atoms with van der Waals surface area (Å²) in [6.07, 6.45) is 1.81. The van der Waals surface area contributed by atoms with Crippen LogP contribution in [0.2, 0.25) is 0 Å². The summed E-state index contributed by atoms with van der Waals surface area (Å²) in [4.78, 5) is 15.0. The van der Waals surface area contributed by atoms with Crippen LogP contribution in [0.15, 0.2) is 15.9 Å². The molecule has 4 nitrogen and oxygen atoms in total. The number of thiophene rings is 1. The number of likely N-dealkylation sites (tertiary alicyclic amines) is 1. The van der Waals surface area contributed by atoms with E-state index in [4.69, 9.17) is 9.47 Å². The van der Waals surface area contributed by atoms with Crippen LogP contribution in [-0.2, 0) is 9.47 Å². The number of piperidine rings is 1. The van der Waals surface area contributed by atoms with Gasteiger partial charge in [-0.25, -0.2) is 0 Å². The van der Waals surface area contributed by atoms with E-state index in [1.165, 1.54) is 11.3 Å². The van der Waals surface area contributed by atoms with Crippen molar-refractivity contribution in [2.45, 2.75) is 18.6 Å². The van der Waals surface area contributed by atoms with E-state index in [9.17, 15) is 4.79 Å². The van der Waals surface area contributed by atoms with Crippen molar-refractivity contribution < 1.29 is 14.3 Å². The Morgan fingerprint density at radius 3 is 2.83 bits per heavy atom. The average molecular weight is 332 g/mol. The molecule has 0 atom stereocenters. The Morgan fingerprint density at radius 1 is 1.39 bits per heavy atom. The van der Waals surface area contributed by atoms with Crippen molar-refractivity contribution in [1.82, 2.24) is 4.90 Å². The van der Waals surface area contributed by atoms with E-state index in [-0.39, 0.29) is 5.91 Å². The van der Waals surface area contributed by atoms with Crippen molar-refractivity contribution >= 4 is 33.2 Å². The van der Waals surface area contributed by atoms with E-state index < -0.39 is 5.79 Å². The second-order valence-corrected chi connectivity index (χ2v) is 7.00. The Labute approximate surface area is 118 Å². The molecule has 6 heteroatoms. The Bertz CT molecular complexity index is 456. The zero-order chi connectivity index (χ0) is 12.6. The van der Waals surface area contributed by atoms with E-state index in [0.717, 1.165) is 28.0 Å². The standard InChI is InChI=1S/C12H14BrNO3S/c13-10-3-2-9(18-10)11(15)14-5-1-4-12(8-14)16-6-7-17-12/h2-3H,1,4-8H2.